The number of hydrogen-bond donors (Lipinski definition) is 0. The van der Waals surface area contributed by atoms with Crippen LogP contribution < -0.4 is 4.90 Å². The van der Waals surface area contributed by atoms with Gasteiger partial charge in [-0.15, -0.1) is 0 Å². The Balaban J connectivity index is 1.31. The van der Waals surface area contributed by atoms with Crippen LogP contribution in [0.2, 0.25) is 0 Å². The largest absolute Gasteiger partial charge is 0.317 e. The molecule has 0 fully saturated rings. The highest BCUT2D eigenvalue weighted by Crippen LogP contribution is 2.32. The fraction of sp³-hybridized carbons (Fsp3) is 0.0408. The summed E-state index contributed by atoms with van der Waals surface area (Å²) in [6.45, 7) is 4.20. The van der Waals surface area contributed by atoms with Gasteiger partial charge in [-0.25, -0.2) is 0 Å². The first kappa shape index (κ1) is 34.4. The summed E-state index contributed by atoms with van der Waals surface area (Å²) in [5.41, 5.74) is 13.0. The van der Waals surface area contributed by atoms with E-state index >= 15 is 0 Å². The van der Waals surface area contributed by atoms with Crippen LogP contribution in [0.5, 0.6) is 0 Å². The number of aryl methyl sites for hydroxylation is 2. The summed E-state index contributed by atoms with van der Waals surface area (Å²) in [4.78, 5) is 13.7. The Morgan fingerprint density at radius 1 is 0.412 bits per heavy atom. The van der Waals surface area contributed by atoms with Crippen LogP contribution in [-0.4, -0.2) is 6.29 Å². The van der Waals surface area contributed by atoms with Crippen molar-refractivity contribution in [2.75, 3.05) is 4.90 Å². The van der Waals surface area contributed by atoms with Crippen molar-refractivity contribution >= 4 is 47.5 Å². The first-order valence-corrected chi connectivity index (χ1v) is 17.2. The summed E-state index contributed by atoms with van der Waals surface area (Å²) in [7, 11) is 0. The van der Waals surface area contributed by atoms with E-state index < -0.39 is 0 Å². The Hall–Kier alpha value is -6.51. The fourth-order valence-corrected chi connectivity index (χ4v) is 5.62. The minimum atomic E-state index is 0.651. The number of anilines is 2. The second kappa shape index (κ2) is 17.2. The summed E-state index contributed by atoms with van der Waals surface area (Å²) in [5, 5.41) is 0. The molecule has 0 spiro atoms. The topological polar surface area (TPSA) is 20.3 Å². The maximum atomic E-state index is 11.4. The molecule has 0 aliphatic heterocycles. The molecule has 0 radical (unpaired) electrons. The first-order valence-electron chi connectivity index (χ1n) is 17.2. The highest BCUT2D eigenvalue weighted by molar-refractivity contribution is 5.85. The predicted octanol–water partition coefficient (Wildman–Crippen LogP) is 12.8. The standard InChI is InChI=1S/C49H41NO/c1-38-16-20-40(21-17-38)10-6-8-12-42-26-32-47(33-27-42)50(36-49(45-14-4-3-5-15-45)46-30-24-44(37-51)25-31-46)48-34-28-43(29-35-48)13-9-7-11-41-22-18-39(2)19-23-41/h3-37H,1-2H3. The molecule has 6 rings (SSSR count). The van der Waals surface area contributed by atoms with Crippen LogP contribution in [0, 0.1) is 13.8 Å². The number of nitrogens with zero attached hydrogens (tertiary/aromatic N) is 1. The molecule has 0 heterocycles. The van der Waals surface area contributed by atoms with E-state index in [1.807, 2.05) is 30.3 Å². The van der Waals surface area contributed by atoms with Gasteiger partial charge in [0.1, 0.15) is 6.29 Å². The van der Waals surface area contributed by atoms with Gasteiger partial charge < -0.3 is 4.90 Å². The van der Waals surface area contributed by atoms with Gasteiger partial charge in [0.2, 0.25) is 0 Å². The van der Waals surface area contributed by atoms with Gasteiger partial charge >= 0.3 is 0 Å². The second-order valence-corrected chi connectivity index (χ2v) is 12.5. The van der Waals surface area contributed by atoms with E-state index in [1.165, 1.54) is 22.3 Å². The minimum absolute atomic E-state index is 0.651. The van der Waals surface area contributed by atoms with Crippen LogP contribution in [0.25, 0.3) is 29.9 Å². The van der Waals surface area contributed by atoms with E-state index in [1.54, 1.807) is 0 Å². The van der Waals surface area contributed by atoms with Crippen LogP contribution in [-0.2, 0) is 0 Å². The molecule has 0 amide bonds. The van der Waals surface area contributed by atoms with Crippen LogP contribution in [0.4, 0.5) is 11.4 Å². The quantitative estimate of drug-likeness (QED) is 0.0962. The van der Waals surface area contributed by atoms with E-state index in [0.717, 1.165) is 45.5 Å². The number of carbonyl (C=O) groups is 1. The zero-order valence-corrected chi connectivity index (χ0v) is 29.1. The Labute approximate surface area is 302 Å². The average Bonchev–Trinajstić information content (AvgIpc) is 3.18. The molecule has 0 aromatic heterocycles. The van der Waals surface area contributed by atoms with E-state index in [0.29, 0.717) is 5.56 Å². The number of aldehydes is 1. The maximum Gasteiger partial charge on any atom is 0.150 e. The summed E-state index contributed by atoms with van der Waals surface area (Å²) in [6, 6.07) is 52.3. The van der Waals surface area contributed by atoms with E-state index in [2.05, 4.69) is 195 Å². The number of benzene rings is 6. The smallest absolute Gasteiger partial charge is 0.150 e. The summed E-state index contributed by atoms with van der Waals surface area (Å²) in [6.07, 6.45) is 19.8. The van der Waals surface area contributed by atoms with Gasteiger partial charge in [0.15, 0.2) is 0 Å². The molecule has 6 aromatic carbocycles. The SMILES string of the molecule is Cc1ccc(C=CC=Cc2ccc(N(C=C(c3ccccc3)c3ccc(C=O)cc3)c3ccc(C=CC=Cc4ccc(C)cc4)cc3)cc2)cc1. The summed E-state index contributed by atoms with van der Waals surface area (Å²) >= 11 is 0. The zero-order valence-electron chi connectivity index (χ0n) is 29.1. The molecule has 51 heavy (non-hydrogen) atoms. The maximum absolute atomic E-state index is 11.4. The summed E-state index contributed by atoms with van der Waals surface area (Å²) in [5.74, 6) is 0. The Bertz CT molecular complexity index is 2060. The number of rotatable bonds is 12. The normalized spacial score (nSPS) is 12.0. The molecular weight excluding hydrogens is 619 g/mol. The second-order valence-electron chi connectivity index (χ2n) is 12.5. The van der Waals surface area contributed by atoms with Crippen molar-refractivity contribution < 1.29 is 4.79 Å². The minimum Gasteiger partial charge on any atom is -0.317 e. The molecule has 6 aromatic rings. The molecule has 0 aliphatic rings. The molecule has 2 nitrogen and oxygen atoms in total. The van der Waals surface area contributed by atoms with Gasteiger partial charge in [-0.05, 0) is 71.5 Å². The highest BCUT2D eigenvalue weighted by atomic mass is 16.1. The third-order valence-corrected chi connectivity index (χ3v) is 8.57. The fourth-order valence-electron chi connectivity index (χ4n) is 5.62. The van der Waals surface area contributed by atoms with Gasteiger partial charge in [-0.2, -0.15) is 0 Å². The molecule has 0 saturated carbocycles. The first-order chi connectivity index (χ1) is 25.0. The van der Waals surface area contributed by atoms with Crippen molar-refractivity contribution in [3.05, 3.63) is 232 Å². The van der Waals surface area contributed by atoms with E-state index in [-0.39, 0.29) is 0 Å². The lowest BCUT2D eigenvalue weighted by molar-refractivity contribution is 0.112. The molecule has 248 valence electrons. The van der Waals surface area contributed by atoms with Crippen molar-refractivity contribution in [1.82, 2.24) is 0 Å². The van der Waals surface area contributed by atoms with Crippen LogP contribution in [0.1, 0.15) is 54.9 Å². The van der Waals surface area contributed by atoms with E-state index in [9.17, 15) is 4.79 Å². The van der Waals surface area contributed by atoms with E-state index in [4.69, 9.17) is 0 Å². The van der Waals surface area contributed by atoms with Crippen molar-refractivity contribution in [2.45, 2.75) is 13.8 Å². The molecule has 0 unspecified atom stereocenters. The Morgan fingerprint density at radius 2 is 0.765 bits per heavy atom. The Morgan fingerprint density at radius 3 is 1.16 bits per heavy atom. The molecule has 2 heteroatoms. The summed E-state index contributed by atoms with van der Waals surface area (Å²) < 4.78 is 0. The molecule has 0 aliphatic carbocycles. The number of allylic oxidation sites excluding steroid dienone is 4. The van der Waals surface area contributed by atoms with Gasteiger partial charge in [-0.1, -0.05) is 187 Å². The predicted molar refractivity (Wildman–Crippen MR) is 219 cm³/mol. The van der Waals surface area contributed by atoms with Crippen LogP contribution in [0.15, 0.2) is 182 Å². The van der Waals surface area contributed by atoms with Gasteiger partial charge in [0, 0.05) is 28.7 Å². The molecule has 0 bridgehead atoms. The van der Waals surface area contributed by atoms with Crippen molar-refractivity contribution in [1.29, 1.82) is 0 Å². The molecule has 0 atom stereocenters. The molecule has 0 N–H and O–H groups in total. The lowest BCUT2D eigenvalue weighted by atomic mass is 9.97. The lowest BCUT2D eigenvalue weighted by Gasteiger charge is -2.24. The lowest BCUT2D eigenvalue weighted by Crippen LogP contribution is -2.10. The van der Waals surface area contributed by atoms with Crippen molar-refractivity contribution in [3.63, 3.8) is 0 Å². The van der Waals surface area contributed by atoms with Gasteiger partial charge in [0.05, 0.1) is 0 Å². The van der Waals surface area contributed by atoms with Crippen LogP contribution in [0.3, 0.4) is 0 Å². The zero-order chi connectivity index (χ0) is 35.3. The molecule has 0 saturated heterocycles. The highest BCUT2D eigenvalue weighted by Gasteiger charge is 2.12. The van der Waals surface area contributed by atoms with Crippen LogP contribution >= 0.6 is 0 Å². The molecular formula is C49H41NO. The third-order valence-electron chi connectivity index (χ3n) is 8.57. The average molecular weight is 660 g/mol. The number of hydrogen-bond acceptors (Lipinski definition) is 2. The number of carbonyl (C=O) groups excluding carboxylic acids is 1. The van der Waals surface area contributed by atoms with Gasteiger partial charge in [0.25, 0.3) is 0 Å². The van der Waals surface area contributed by atoms with Crippen molar-refractivity contribution in [3.8, 4) is 0 Å². The van der Waals surface area contributed by atoms with Crippen molar-refractivity contribution in [2.24, 2.45) is 0 Å². The van der Waals surface area contributed by atoms with Gasteiger partial charge in [-0.3, -0.25) is 4.79 Å². The Kier molecular flexibility index (Phi) is 11.6. The monoisotopic (exact) mass is 659 g/mol. The third kappa shape index (κ3) is 9.78.